The maximum atomic E-state index is 6.18. The highest BCUT2D eigenvalue weighted by atomic mass is 35.5. The Hall–Kier alpha value is -0.280. The van der Waals surface area contributed by atoms with Crippen molar-refractivity contribution < 1.29 is 4.74 Å². The molecule has 102 valence electrons. The van der Waals surface area contributed by atoms with Gasteiger partial charge in [0, 0.05) is 23.2 Å². The lowest BCUT2D eigenvalue weighted by Gasteiger charge is -2.19. The van der Waals surface area contributed by atoms with Crippen LogP contribution in [0, 0.1) is 0 Å². The van der Waals surface area contributed by atoms with Gasteiger partial charge in [0.15, 0.2) is 0 Å². The third kappa shape index (κ3) is 5.15. The summed E-state index contributed by atoms with van der Waals surface area (Å²) >= 11 is 12.2. The van der Waals surface area contributed by atoms with Crippen molar-refractivity contribution in [2.24, 2.45) is 0 Å². The second-order valence-electron chi connectivity index (χ2n) is 4.55. The van der Waals surface area contributed by atoms with Gasteiger partial charge in [0.25, 0.3) is 0 Å². The fourth-order valence-corrected chi connectivity index (χ4v) is 2.26. The van der Waals surface area contributed by atoms with E-state index in [0.29, 0.717) is 6.04 Å². The van der Waals surface area contributed by atoms with E-state index in [1.807, 2.05) is 25.2 Å². The Labute approximate surface area is 120 Å². The van der Waals surface area contributed by atoms with Crippen LogP contribution in [0.15, 0.2) is 18.2 Å². The summed E-state index contributed by atoms with van der Waals surface area (Å²) in [7, 11) is 3.72. The van der Waals surface area contributed by atoms with Crippen LogP contribution >= 0.6 is 23.2 Å². The number of benzene rings is 1. The molecule has 0 saturated heterocycles. The van der Waals surface area contributed by atoms with Crippen LogP contribution in [0.2, 0.25) is 10.0 Å². The van der Waals surface area contributed by atoms with Gasteiger partial charge in [-0.2, -0.15) is 0 Å². The standard InChI is InChI=1S/C14H21Cl2NO/c1-10(18-3)4-6-13(17-2)9-11-8-12(15)5-7-14(11)16/h5,7-8,10,13,17H,4,6,9H2,1-3H3. The van der Waals surface area contributed by atoms with Crippen molar-refractivity contribution in [2.75, 3.05) is 14.2 Å². The van der Waals surface area contributed by atoms with E-state index in [-0.39, 0.29) is 6.10 Å². The van der Waals surface area contributed by atoms with Crippen molar-refractivity contribution >= 4 is 23.2 Å². The molecule has 4 heteroatoms. The molecule has 0 aliphatic rings. The lowest BCUT2D eigenvalue weighted by molar-refractivity contribution is 0.106. The minimum Gasteiger partial charge on any atom is -0.382 e. The van der Waals surface area contributed by atoms with E-state index < -0.39 is 0 Å². The van der Waals surface area contributed by atoms with E-state index in [2.05, 4.69) is 12.2 Å². The van der Waals surface area contributed by atoms with Crippen molar-refractivity contribution in [1.82, 2.24) is 5.32 Å². The van der Waals surface area contributed by atoms with Crippen molar-refractivity contribution in [2.45, 2.75) is 38.3 Å². The molecule has 0 amide bonds. The molecule has 0 aliphatic carbocycles. The summed E-state index contributed by atoms with van der Waals surface area (Å²) in [5.41, 5.74) is 1.09. The average molecular weight is 290 g/mol. The molecule has 2 nitrogen and oxygen atoms in total. The molecule has 1 N–H and O–H groups in total. The minimum atomic E-state index is 0.288. The Bertz CT molecular complexity index is 371. The molecule has 1 aromatic rings. The molecule has 2 atom stereocenters. The van der Waals surface area contributed by atoms with E-state index in [4.69, 9.17) is 27.9 Å². The molecular weight excluding hydrogens is 269 g/mol. The summed E-state index contributed by atoms with van der Waals surface area (Å²) in [6, 6.07) is 5.99. The first-order chi connectivity index (χ1) is 8.56. The SMILES string of the molecule is CNC(CCC(C)OC)Cc1cc(Cl)ccc1Cl. The number of likely N-dealkylation sites (N-methyl/N-ethyl adjacent to an activating group) is 1. The van der Waals surface area contributed by atoms with Crippen LogP contribution in [0.25, 0.3) is 0 Å². The number of hydrogen-bond acceptors (Lipinski definition) is 2. The second kappa shape index (κ2) is 8.00. The number of nitrogens with one attached hydrogen (secondary N) is 1. The zero-order valence-corrected chi connectivity index (χ0v) is 12.7. The van der Waals surface area contributed by atoms with Crippen LogP contribution in [0.3, 0.4) is 0 Å². The van der Waals surface area contributed by atoms with Crippen LogP contribution in [0.1, 0.15) is 25.3 Å². The lowest BCUT2D eigenvalue weighted by atomic mass is 10.0. The molecule has 0 bridgehead atoms. The van der Waals surface area contributed by atoms with Gasteiger partial charge in [-0.1, -0.05) is 23.2 Å². The third-order valence-corrected chi connectivity index (χ3v) is 3.81. The Morgan fingerprint density at radius 1 is 1.28 bits per heavy atom. The molecule has 0 heterocycles. The van der Waals surface area contributed by atoms with E-state index in [9.17, 15) is 0 Å². The molecule has 0 aromatic heterocycles. The Balaban J connectivity index is 2.59. The molecule has 18 heavy (non-hydrogen) atoms. The first-order valence-corrected chi connectivity index (χ1v) is 6.96. The molecule has 0 radical (unpaired) electrons. The molecule has 0 fully saturated rings. The second-order valence-corrected chi connectivity index (χ2v) is 5.39. The van der Waals surface area contributed by atoms with Gasteiger partial charge in [-0.15, -0.1) is 0 Å². The van der Waals surface area contributed by atoms with Gasteiger partial charge in [-0.3, -0.25) is 0 Å². The highest BCUT2D eigenvalue weighted by Crippen LogP contribution is 2.22. The highest BCUT2D eigenvalue weighted by molar-refractivity contribution is 6.33. The van der Waals surface area contributed by atoms with Gasteiger partial charge < -0.3 is 10.1 Å². The molecule has 1 aromatic carbocycles. The monoisotopic (exact) mass is 289 g/mol. The Morgan fingerprint density at radius 3 is 2.61 bits per heavy atom. The van der Waals surface area contributed by atoms with Gasteiger partial charge in [-0.25, -0.2) is 0 Å². The maximum absolute atomic E-state index is 6.18. The van der Waals surface area contributed by atoms with Crippen LogP contribution in [0.4, 0.5) is 0 Å². The molecule has 0 aliphatic heterocycles. The lowest BCUT2D eigenvalue weighted by Crippen LogP contribution is -2.28. The smallest absolute Gasteiger partial charge is 0.0543 e. The van der Waals surface area contributed by atoms with Crippen LogP contribution in [-0.2, 0) is 11.2 Å². The van der Waals surface area contributed by atoms with E-state index in [0.717, 1.165) is 34.9 Å². The minimum absolute atomic E-state index is 0.288. The molecule has 0 saturated carbocycles. The van der Waals surface area contributed by atoms with E-state index in [1.165, 1.54) is 0 Å². The Kier molecular flexibility index (Phi) is 7.02. The van der Waals surface area contributed by atoms with E-state index >= 15 is 0 Å². The number of ether oxygens (including phenoxy) is 1. The van der Waals surface area contributed by atoms with Crippen LogP contribution in [-0.4, -0.2) is 26.3 Å². The zero-order valence-electron chi connectivity index (χ0n) is 11.2. The van der Waals surface area contributed by atoms with Gasteiger partial charge in [0.05, 0.1) is 6.10 Å². The van der Waals surface area contributed by atoms with Gasteiger partial charge in [0.2, 0.25) is 0 Å². The maximum Gasteiger partial charge on any atom is 0.0543 e. The molecule has 0 spiro atoms. The topological polar surface area (TPSA) is 21.3 Å². The molecule has 1 rings (SSSR count). The fraction of sp³-hybridized carbons (Fsp3) is 0.571. The predicted molar refractivity (Wildman–Crippen MR) is 78.7 cm³/mol. The number of methoxy groups -OCH3 is 1. The van der Waals surface area contributed by atoms with Crippen LogP contribution < -0.4 is 5.32 Å². The van der Waals surface area contributed by atoms with Crippen LogP contribution in [0.5, 0.6) is 0 Å². The van der Waals surface area contributed by atoms with Crippen molar-refractivity contribution in [1.29, 1.82) is 0 Å². The fourth-order valence-electron chi connectivity index (χ4n) is 1.87. The van der Waals surface area contributed by atoms with Gasteiger partial charge >= 0.3 is 0 Å². The third-order valence-electron chi connectivity index (χ3n) is 3.21. The molecular formula is C14H21Cl2NO. The summed E-state index contributed by atoms with van der Waals surface area (Å²) in [4.78, 5) is 0. The summed E-state index contributed by atoms with van der Waals surface area (Å²) in [6.45, 7) is 2.08. The van der Waals surface area contributed by atoms with Crippen molar-refractivity contribution in [3.05, 3.63) is 33.8 Å². The summed E-state index contributed by atoms with van der Waals surface area (Å²) in [6.07, 6.45) is 3.25. The normalized spacial score (nSPS) is 14.5. The quantitative estimate of drug-likeness (QED) is 0.821. The van der Waals surface area contributed by atoms with Crippen molar-refractivity contribution in [3.8, 4) is 0 Å². The molecule has 2 unspecified atom stereocenters. The van der Waals surface area contributed by atoms with Crippen molar-refractivity contribution in [3.63, 3.8) is 0 Å². The first kappa shape index (κ1) is 15.8. The first-order valence-electron chi connectivity index (χ1n) is 6.20. The van der Waals surface area contributed by atoms with Gasteiger partial charge in [-0.05, 0) is 57.0 Å². The summed E-state index contributed by atoms with van der Waals surface area (Å²) < 4.78 is 5.26. The number of halogens is 2. The van der Waals surface area contributed by atoms with E-state index in [1.54, 1.807) is 7.11 Å². The Morgan fingerprint density at radius 2 is 2.00 bits per heavy atom. The largest absolute Gasteiger partial charge is 0.382 e. The number of rotatable bonds is 7. The highest BCUT2D eigenvalue weighted by Gasteiger charge is 2.12. The van der Waals surface area contributed by atoms with Gasteiger partial charge in [0.1, 0.15) is 0 Å². The number of hydrogen-bond donors (Lipinski definition) is 1. The average Bonchev–Trinajstić information content (AvgIpc) is 2.37. The predicted octanol–water partition coefficient (Wildman–Crippen LogP) is 3.94. The summed E-state index contributed by atoms with van der Waals surface area (Å²) in [5, 5.41) is 4.83. The zero-order chi connectivity index (χ0) is 13.5. The summed E-state index contributed by atoms with van der Waals surface area (Å²) in [5.74, 6) is 0.